The lowest BCUT2D eigenvalue weighted by molar-refractivity contribution is 0.215. The summed E-state index contributed by atoms with van der Waals surface area (Å²) in [7, 11) is -3.43. The summed E-state index contributed by atoms with van der Waals surface area (Å²) in [5.74, 6) is 0.145. The molecule has 0 aliphatic heterocycles. The number of phenolic OH excluding ortho intramolecular Hbond substituents is 1. The highest BCUT2D eigenvalue weighted by Gasteiger charge is 2.38. The average molecular weight is 355 g/mol. The Morgan fingerprint density at radius 1 is 0.957 bits per heavy atom. The van der Waals surface area contributed by atoms with Gasteiger partial charge in [0.25, 0.3) is 0 Å². The SMILES string of the molecule is CCOP(=O)(OCC)C(c1ccc(O)cc1)c1ccc(Cl)cc1. The molecule has 124 valence electrons. The summed E-state index contributed by atoms with van der Waals surface area (Å²) in [5, 5.41) is 10.1. The smallest absolute Gasteiger partial charge is 0.342 e. The van der Waals surface area contributed by atoms with Gasteiger partial charge in [-0.2, -0.15) is 0 Å². The third-order valence-electron chi connectivity index (χ3n) is 3.33. The topological polar surface area (TPSA) is 55.8 Å². The van der Waals surface area contributed by atoms with Crippen molar-refractivity contribution in [3.8, 4) is 5.75 Å². The van der Waals surface area contributed by atoms with Gasteiger partial charge < -0.3 is 14.2 Å². The fourth-order valence-electron chi connectivity index (χ4n) is 2.41. The zero-order valence-electron chi connectivity index (χ0n) is 13.1. The van der Waals surface area contributed by atoms with E-state index in [0.717, 1.165) is 11.1 Å². The predicted molar refractivity (Wildman–Crippen MR) is 92.3 cm³/mol. The van der Waals surface area contributed by atoms with E-state index >= 15 is 0 Å². The van der Waals surface area contributed by atoms with Crippen molar-refractivity contribution in [3.05, 3.63) is 64.7 Å². The van der Waals surface area contributed by atoms with Gasteiger partial charge in [-0.1, -0.05) is 35.9 Å². The Balaban J connectivity index is 2.55. The zero-order chi connectivity index (χ0) is 16.9. The van der Waals surface area contributed by atoms with E-state index in [2.05, 4.69) is 0 Å². The molecule has 0 bridgehead atoms. The molecule has 4 nitrogen and oxygen atoms in total. The van der Waals surface area contributed by atoms with Gasteiger partial charge in [0.15, 0.2) is 0 Å². The molecular weight excluding hydrogens is 335 g/mol. The van der Waals surface area contributed by atoms with Gasteiger partial charge in [-0.05, 0) is 49.2 Å². The van der Waals surface area contributed by atoms with E-state index in [-0.39, 0.29) is 19.0 Å². The zero-order valence-corrected chi connectivity index (χ0v) is 14.8. The lowest BCUT2D eigenvalue weighted by Crippen LogP contribution is -2.08. The van der Waals surface area contributed by atoms with Crippen LogP contribution in [0.5, 0.6) is 5.75 Å². The van der Waals surface area contributed by atoms with Crippen LogP contribution in [0.3, 0.4) is 0 Å². The van der Waals surface area contributed by atoms with Crippen LogP contribution in [-0.4, -0.2) is 18.3 Å². The van der Waals surface area contributed by atoms with Gasteiger partial charge in [0.05, 0.1) is 13.2 Å². The van der Waals surface area contributed by atoms with E-state index in [4.69, 9.17) is 20.6 Å². The summed E-state index contributed by atoms with van der Waals surface area (Å²) >= 11 is 5.96. The summed E-state index contributed by atoms with van der Waals surface area (Å²) in [6.45, 7) is 4.11. The van der Waals surface area contributed by atoms with E-state index in [1.807, 2.05) is 12.1 Å². The van der Waals surface area contributed by atoms with Crippen LogP contribution in [0.4, 0.5) is 0 Å². The van der Waals surface area contributed by atoms with Gasteiger partial charge in [0, 0.05) is 5.02 Å². The highest BCUT2D eigenvalue weighted by molar-refractivity contribution is 7.54. The van der Waals surface area contributed by atoms with Crippen LogP contribution in [-0.2, 0) is 13.6 Å². The number of benzene rings is 2. The fourth-order valence-corrected chi connectivity index (χ4v) is 4.70. The largest absolute Gasteiger partial charge is 0.508 e. The quantitative estimate of drug-likeness (QED) is 0.676. The lowest BCUT2D eigenvalue weighted by Gasteiger charge is -2.27. The molecule has 0 aliphatic rings. The van der Waals surface area contributed by atoms with Crippen molar-refractivity contribution in [2.45, 2.75) is 19.5 Å². The Morgan fingerprint density at radius 3 is 1.83 bits per heavy atom. The molecule has 6 heteroatoms. The number of hydrogen-bond donors (Lipinski definition) is 1. The number of halogens is 1. The first-order valence-electron chi connectivity index (χ1n) is 7.43. The summed E-state index contributed by atoms with van der Waals surface area (Å²) in [6, 6.07) is 13.7. The van der Waals surface area contributed by atoms with Crippen LogP contribution >= 0.6 is 19.2 Å². The first-order valence-corrected chi connectivity index (χ1v) is 9.42. The van der Waals surface area contributed by atoms with Crippen molar-refractivity contribution < 1.29 is 18.7 Å². The lowest BCUT2D eigenvalue weighted by atomic mass is 10.0. The van der Waals surface area contributed by atoms with Gasteiger partial charge >= 0.3 is 7.60 Å². The molecule has 0 saturated heterocycles. The van der Waals surface area contributed by atoms with Crippen molar-refractivity contribution in [1.29, 1.82) is 0 Å². The van der Waals surface area contributed by atoms with Crippen molar-refractivity contribution in [3.63, 3.8) is 0 Å². The third-order valence-corrected chi connectivity index (χ3v) is 6.05. The van der Waals surface area contributed by atoms with Crippen LogP contribution in [0.1, 0.15) is 30.6 Å². The Labute approximate surface area is 141 Å². The molecule has 2 rings (SSSR count). The van der Waals surface area contributed by atoms with Crippen LogP contribution < -0.4 is 0 Å². The highest BCUT2D eigenvalue weighted by Crippen LogP contribution is 2.63. The number of phenols is 1. The minimum atomic E-state index is -3.43. The number of rotatable bonds is 7. The maximum atomic E-state index is 13.3. The average Bonchev–Trinajstić information content (AvgIpc) is 2.52. The maximum Gasteiger partial charge on any atom is 0.342 e. The van der Waals surface area contributed by atoms with Crippen LogP contribution in [0.2, 0.25) is 5.02 Å². The van der Waals surface area contributed by atoms with E-state index < -0.39 is 13.3 Å². The normalized spacial score (nSPS) is 13.0. The van der Waals surface area contributed by atoms with E-state index in [0.29, 0.717) is 5.02 Å². The second-order valence-corrected chi connectivity index (χ2v) is 7.47. The molecule has 0 aromatic heterocycles. The Bertz CT molecular complexity index is 614. The second-order valence-electron chi connectivity index (χ2n) is 4.92. The van der Waals surface area contributed by atoms with Crippen LogP contribution in [0.25, 0.3) is 0 Å². The molecule has 1 unspecified atom stereocenters. The molecule has 0 heterocycles. The second kappa shape index (κ2) is 7.98. The first-order chi connectivity index (χ1) is 11.0. The molecule has 1 atom stereocenters. The molecule has 0 spiro atoms. The first kappa shape index (κ1) is 18.0. The molecular formula is C17H20ClO4P. The molecule has 0 saturated carbocycles. The molecule has 0 radical (unpaired) electrons. The maximum absolute atomic E-state index is 13.3. The van der Waals surface area contributed by atoms with Gasteiger partial charge in [-0.3, -0.25) is 4.57 Å². The fraction of sp³-hybridized carbons (Fsp3) is 0.294. The molecule has 2 aromatic carbocycles. The summed E-state index contributed by atoms with van der Waals surface area (Å²) in [6.07, 6.45) is 0. The van der Waals surface area contributed by atoms with E-state index in [1.54, 1.807) is 50.2 Å². The Kier molecular flexibility index (Phi) is 6.25. The standard InChI is InChI=1S/C17H20ClO4P/c1-3-21-23(20,22-4-2)17(13-5-9-15(18)10-6-13)14-7-11-16(19)12-8-14/h5-12,17,19H,3-4H2,1-2H3. The van der Waals surface area contributed by atoms with Crippen molar-refractivity contribution in [2.24, 2.45) is 0 Å². The van der Waals surface area contributed by atoms with Gasteiger partial charge in [0.1, 0.15) is 11.4 Å². The molecule has 0 fully saturated rings. The summed E-state index contributed by atoms with van der Waals surface area (Å²) < 4.78 is 24.4. The number of hydrogen-bond acceptors (Lipinski definition) is 4. The predicted octanol–water partition coefficient (Wildman–Crippen LogP) is 5.40. The van der Waals surface area contributed by atoms with Crippen LogP contribution in [0.15, 0.2) is 48.5 Å². The van der Waals surface area contributed by atoms with Crippen molar-refractivity contribution in [2.75, 3.05) is 13.2 Å². The van der Waals surface area contributed by atoms with Crippen LogP contribution in [0, 0.1) is 0 Å². The molecule has 23 heavy (non-hydrogen) atoms. The number of aromatic hydroxyl groups is 1. The molecule has 1 N–H and O–H groups in total. The minimum Gasteiger partial charge on any atom is -0.508 e. The van der Waals surface area contributed by atoms with E-state index in [9.17, 15) is 9.67 Å². The van der Waals surface area contributed by atoms with Gasteiger partial charge in [-0.25, -0.2) is 0 Å². The summed E-state index contributed by atoms with van der Waals surface area (Å²) in [4.78, 5) is 0. The Morgan fingerprint density at radius 2 is 1.39 bits per heavy atom. The molecule has 0 amide bonds. The molecule has 2 aromatic rings. The van der Waals surface area contributed by atoms with Gasteiger partial charge in [-0.15, -0.1) is 0 Å². The Hall–Kier alpha value is -1.32. The monoisotopic (exact) mass is 354 g/mol. The minimum absolute atomic E-state index is 0.145. The van der Waals surface area contributed by atoms with E-state index in [1.165, 1.54) is 0 Å². The van der Waals surface area contributed by atoms with Crippen molar-refractivity contribution >= 4 is 19.2 Å². The summed E-state index contributed by atoms with van der Waals surface area (Å²) in [5.41, 5.74) is 0.945. The van der Waals surface area contributed by atoms with Gasteiger partial charge in [0.2, 0.25) is 0 Å². The highest BCUT2D eigenvalue weighted by atomic mass is 35.5. The van der Waals surface area contributed by atoms with Crippen molar-refractivity contribution in [1.82, 2.24) is 0 Å². The third kappa shape index (κ3) is 4.36. The molecule has 0 aliphatic carbocycles.